The van der Waals surface area contributed by atoms with E-state index in [1.807, 2.05) is 24.3 Å². The van der Waals surface area contributed by atoms with Crippen LogP contribution in [0.2, 0.25) is 5.15 Å². The van der Waals surface area contributed by atoms with Crippen LogP contribution in [0.1, 0.15) is 5.56 Å². The van der Waals surface area contributed by atoms with Crippen molar-refractivity contribution in [3.63, 3.8) is 0 Å². The van der Waals surface area contributed by atoms with Gasteiger partial charge in [0.1, 0.15) is 18.1 Å². The summed E-state index contributed by atoms with van der Waals surface area (Å²) in [6, 6.07) is 9.57. The predicted octanol–water partition coefficient (Wildman–Crippen LogP) is 2.69. The van der Waals surface area contributed by atoms with Gasteiger partial charge in [0.25, 0.3) is 0 Å². The van der Waals surface area contributed by atoms with E-state index in [2.05, 4.69) is 10.2 Å². The SMILES string of the molecule is Clc1cc2c(nn1)-c1ccccc1OC2. The third-order valence-corrected chi connectivity index (χ3v) is 2.55. The molecule has 0 bridgehead atoms. The van der Waals surface area contributed by atoms with Gasteiger partial charge in [-0.3, -0.25) is 0 Å². The van der Waals surface area contributed by atoms with Crippen LogP contribution in [-0.4, -0.2) is 10.2 Å². The van der Waals surface area contributed by atoms with Gasteiger partial charge in [-0.2, -0.15) is 0 Å². The maximum atomic E-state index is 5.77. The fourth-order valence-corrected chi connectivity index (χ4v) is 1.85. The lowest BCUT2D eigenvalue weighted by Crippen LogP contribution is -2.07. The second kappa shape index (κ2) is 3.21. The molecule has 1 aromatic heterocycles. The molecule has 0 fully saturated rings. The summed E-state index contributed by atoms with van der Waals surface area (Å²) in [5.74, 6) is 0.849. The highest BCUT2D eigenvalue weighted by Gasteiger charge is 2.18. The van der Waals surface area contributed by atoms with Crippen LogP contribution < -0.4 is 4.74 Å². The lowest BCUT2D eigenvalue weighted by atomic mass is 10.0. The average Bonchev–Trinajstić information content (AvgIpc) is 2.28. The van der Waals surface area contributed by atoms with Gasteiger partial charge < -0.3 is 4.74 Å². The smallest absolute Gasteiger partial charge is 0.152 e. The van der Waals surface area contributed by atoms with Gasteiger partial charge in [0.15, 0.2) is 5.15 Å². The second-order valence-electron chi connectivity index (χ2n) is 3.33. The van der Waals surface area contributed by atoms with E-state index in [1.54, 1.807) is 6.07 Å². The summed E-state index contributed by atoms with van der Waals surface area (Å²) in [4.78, 5) is 0. The van der Waals surface area contributed by atoms with Gasteiger partial charge in [0, 0.05) is 11.1 Å². The Morgan fingerprint density at radius 1 is 1.20 bits per heavy atom. The van der Waals surface area contributed by atoms with Gasteiger partial charge in [-0.05, 0) is 18.2 Å². The van der Waals surface area contributed by atoms with E-state index in [9.17, 15) is 0 Å². The summed E-state index contributed by atoms with van der Waals surface area (Å²) in [5.41, 5.74) is 2.82. The van der Waals surface area contributed by atoms with Crippen molar-refractivity contribution in [2.24, 2.45) is 0 Å². The first kappa shape index (κ1) is 8.68. The molecule has 0 saturated carbocycles. The minimum Gasteiger partial charge on any atom is -0.488 e. The minimum atomic E-state index is 0.400. The van der Waals surface area contributed by atoms with Gasteiger partial charge in [-0.25, -0.2) is 0 Å². The topological polar surface area (TPSA) is 35.0 Å². The van der Waals surface area contributed by atoms with Crippen molar-refractivity contribution in [1.82, 2.24) is 10.2 Å². The zero-order chi connectivity index (χ0) is 10.3. The molecule has 1 aliphatic heterocycles. The maximum Gasteiger partial charge on any atom is 0.152 e. The zero-order valence-corrected chi connectivity index (χ0v) is 8.53. The molecule has 0 amide bonds. The van der Waals surface area contributed by atoms with Crippen molar-refractivity contribution in [2.45, 2.75) is 6.61 Å². The van der Waals surface area contributed by atoms with E-state index >= 15 is 0 Å². The molecule has 3 nitrogen and oxygen atoms in total. The number of benzene rings is 1. The quantitative estimate of drug-likeness (QED) is 0.682. The number of para-hydroxylation sites is 1. The third-order valence-electron chi connectivity index (χ3n) is 2.37. The van der Waals surface area contributed by atoms with Gasteiger partial charge in [-0.1, -0.05) is 23.7 Å². The second-order valence-corrected chi connectivity index (χ2v) is 3.71. The van der Waals surface area contributed by atoms with Crippen molar-refractivity contribution in [1.29, 1.82) is 0 Å². The van der Waals surface area contributed by atoms with E-state index in [0.717, 1.165) is 22.6 Å². The third kappa shape index (κ3) is 1.36. The van der Waals surface area contributed by atoms with Crippen molar-refractivity contribution in [3.05, 3.63) is 41.0 Å². The summed E-state index contributed by atoms with van der Waals surface area (Å²) in [7, 11) is 0. The average molecular weight is 219 g/mol. The van der Waals surface area contributed by atoms with Gasteiger partial charge in [0.05, 0.1) is 0 Å². The Bertz CT molecular complexity index is 528. The normalized spacial score (nSPS) is 12.6. The van der Waals surface area contributed by atoms with Crippen LogP contribution in [0.15, 0.2) is 30.3 Å². The molecule has 4 heteroatoms. The molecule has 0 N–H and O–H groups in total. The lowest BCUT2D eigenvalue weighted by Gasteiger charge is -2.18. The summed E-state index contributed by atoms with van der Waals surface area (Å²) in [6.45, 7) is 0.502. The number of halogens is 1. The van der Waals surface area contributed by atoms with Crippen LogP contribution in [-0.2, 0) is 6.61 Å². The Labute approximate surface area is 91.7 Å². The van der Waals surface area contributed by atoms with Crippen LogP contribution in [0.25, 0.3) is 11.3 Å². The zero-order valence-electron chi connectivity index (χ0n) is 7.77. The molecule has 0 saturated heterocycles. The highest BCUT2D eigenvalue weighted by molar-refractivity contribution is 6.29. The molecule has 74 valence electrons. The Morgan fingerprint density at radius 2 is 2.07 bits per heavy atom. The fourth-order valence-electron chi connectivity index (χ4n) is 1.68. The molecular formula is C11H7ClN2O. The monoisotopic (exact) mass is 218 g/mol. The number of rotatable bonds is 0. The largest absolute Gasteiger partial charge is 0.488 e. The van der Waals surface area contributed by atoms with E-state index < -0.39 is 0 Å². The van der Waals surface area contributed by atoms with E-state index in [4.69, 9.17) is 16.3 Å². The molecule has 0 spiro atoms. The van der Waals surface area contributed by atoms with Crippen molar-refractivity contribution >= 4 is 11.6 Å². The Kier molecular flexibility index (Phi) is 1.86. The highest BCUT2D eigenvalue weighted by atomic mass is 35.5. The van der Waals surface area contributed by atoms with Gasteiger partial charge in [-0.15, -0.1) is 10.2 Å². The number of hydrogen-bond donors (Lipinski definition) is 0. The first-order valence-electron chi connectivity index (χ1n) is 4.59. The molecule has 0 atom stereocenters. The van der Waals surface area contributed by atoms with Gasteiger partial charge >= 0.3 is 0 Å². The van der Waals surface area contributed by atoms with Crippen LogP contribution in [0.5, 0.6) is 5.75 Å². The van der Waals surface area contributed by atoms with E-state index in [-0.39, 0.29) is 0 Å². The summed E-state index contributed by atoms with van der Waals surface area (Å²) < 4.78 is 5.58. The molecule has 15 heavy (non-hydrogen) atoms. The summed E-state index contributed by atoms with van der Waals surface area (Å²) >= 11 is 5.77. The molecule has 1 aliphatic rings. The molecular weight excluding hydrogens is 212 g/mol. The van der Waals surface area contributed by atoms with Crippen molar-refractivity contribution < 1.29 is 4.74 Å². The molecule has 0 aliphatic carbocycles. The molecule has 1 aromatic carbocycles. The van der Waals surface area contributed by atoms with E-state index in [1.165, 1.54) is 0 Å². The number of hydrogen-bond acceptors (Lipinski definition) is 3. The van der Waals surface area contributed by atoms with Crippen LogP contribution in [0.4, 0.5) is 0 Å². The maximum absolute atomic E-state index is 5.77. The van der Waals surface area contributed by atoms with Crippen LogP contribution in [0.3, 0.4) is 0 Å². The van der Waals surface area contributed by atoms with E-state index in [0.29, 0.717) is 11.8 Å². The Balaban J connectivity index is 2.26. The molecule has 0 radical (unpaired) electrons. The number of fused-ring (bicyclic) bond motifs is 3. The number of aromatic nitrogens is 2. The lowest BCUT2D eigenvalue weighted by molar-refractivity contribution is 0.301. The van der Waals surface area contributed by atoms with Crippen molar-refractivity contribution in [2.75, 3.05) is 0 Å². The number of nitrogens with zero attached hydrogens (tertiary/aromatic N) is 2. The summed E-state index contributed by atoms with van der Waals surface area (Å²) in [6.07, 6.45) is 0. The minimum absolute atomic E-state index is 0.400. The molecule has 3 rings (SSSR count). The Hall–Kier alpha value is -1.61. The van der Waals surface area contributed by atoms with Crippen LogP contribution in [0, 0.1) is 0 Å². The molecule has 2 aromatic rings. The number of ether oxygens (including phenoxy) is 1. The van der Waals surface area contributed by atoms with Crippen molar-refractivity contribution in [3.8, 4) is 17.0 Å². The molecule has 2 heterocycles. The first-order valence-corrected chi connectivity index (χ1v) is 4.97. The highest BCUT2D eigenvalue weighted by Crippen LogP contribution is 2.35. The van der Waals surface area contributed by atoms with Gasteiger partial charge in [0.2, 0.25) is 0 Å². The Morgan fingerprint density at radius 3 is 3.00 bits per heavy atom. The fraction of sp³-hybridized carbons (Fsp3) is 0.0909. The van der Waals surface area contributed by atoms with Crippen LogP contribution >= 0.6 is 11.6 Å². The standard InChI is InChI=1S/C11H7ClN2O/c12-10-5-7-6-15-9-4-2-1-3-8(9)11(7)14-13-10/h1-5H,6H2. The molecule has 0 unspecified atom stereocenters. The summed E-state index contributed by atoms with van der Waals surface area (Å²) in [5, 5.41) is 8.35. The first-order chi connectivity index (χ1) is 7.34. The predicted molar refractivity (Wildman–Crippen MR) is 56.8 cm³/mol.